The molecule has 0 bridgehead atoms. The number of carboxylic acid groups (broad SMARTS) is 1. The summed E-state index contributed by atoms with van der Waals surface area (Å²) in [7, 11) is 2.85. The molecule has 1 aromatic rings. The topological polar surface area (TPSA) is 90.8 Å². The first-order valence-electron chi connectivity index (χ1n) is 4.43. The number of aliphatic carboxylic acids is 1. The summed E-state index contributed by atoms with van der Waals surface area (Å²) in [6, 6.07) is 1.35. The Labute approximate surface area is 92.0 Å². The van der Waals surface area contributed by atoms with Crippen molar-refractivity contribution in [3.8, 4) is 17.8 Å². The molecule has 0 amide bonds. The van der Waals surface area contributed by atoms with Crippen molar-refractivity contribution >= 4 is 5.97 Å². The summed E-state index contributed by atoms with van der Waals surface area (Å²) in [6.45, 7) is 1.37. The number of carboxylic acids is 1. The highest BCUT2D eigenvalue weighted by Gasteiger charge is 2.15. The van der Waals surface area contributed by atoms with Crippen LogP contribution < -0.4 is 14.2 Å². The highest BCUT2D eigenvalue weighted by molar-refractivity contribution is 5.72. The average molecular weight is 228 g/mol. The van der Waals surface area contributed by atoms with Gasteiger partial charge in [0.1, 0.15) is 0 Å². The zero-order chi connectivity index (χ0) is 12.1. The first kappa shape index (κ1) is 12.0. The fourth-order valence-corrected chi connectivity index (χ4v) is 0.854. The van der Waals surface area contributed by atoms with Crippen molar-refractivity contribution in [1.29, 1.82) is 0 Å². The molecule has 0 aromatic carbocycles. The normalized spacial score (nSPS) is 11.7. The standard InChI is InChI=1S/C9H12N2O5/c1-5(8(12)13)16-9-10-6(14-2)4-7(11-9)15-3/h4-5H,1-3H3,(H,12,13)/t5-/m0/s1. The second-order valence-corrected chi connectivity index (χ2v) is 2.83. The summed E-state index contributed by atoms with van der Waals surface area (Å²) in [5.41, 5.74) is 0. The van der Waals surface area contributed by atoms with Crippen LogP contribution in [0.15, 0.2) is 6.07 Å². The molecule has 7 heteroatoms. The largest absolute Gasteiger partial charge is 0.481 e. The van der Waals surface area contributed by atoms with Gasteiger partial charge in [-0.05, 0) is 6.92 Å². The highest BCUT2D eigenvalue weighted by atomic mass is 16.5. The van der Waals surface area contributed by atoms with Crippen LogP contribution in [0.25, 0.3) is 0 Å². The minimum Gasteiger partial charge on any atom is -0.481 e. The maximum Gasteiger partial charge on any atom is 0.344 e. The quantitative estimate of drug-likeness (QED) is 0.777. The third kappa shape index (κ3) is 2.97. The predicted molar refractivity (Wildman–Crippen MR) is 52.9 cm³/mol. The Hall–Kier alpha value is -2.05. The second kappa shape index (κ2) is 5.15. The van der Waals surface area contributed by atoms with Gasteiger partial charge in [0.25, 0.3) is 0 Å². The number of hydrogen-bond acceptors (Lipinski definition) is 6. The van der Waals surface area contributed by atoms with E-state index in [0.717, 1.165) is 0 Å². The van der Waals surface area contributed by atoms with E-state index in [1.165, 1.54) is 27.2 Å². The van der Waals surface area contributed by atoms with Gasteiger partial charge in [-0.2, -0.15) is 9.97 Å². The average Bonchev–Trinajstić information content (AvgIpc) is 2.28. The molecule has 1 heterocycles. The molecule has 1 atom stereocenters. The molecule has 0 aliphatic rings. The molecule has 0 aliphatic heterocycles. The summed E-state index contributed by atoms with van der Waals surface area (Å²) in [4.78, 5) is 18.2. The van der Waals surface area contributed by atoms with Gasteiger partial charge in [0.15, 0.2) is 6.10 Å². The molecule has 1 aromatic heterocycles. The first-order chi connectivity index (χ1) is 7.56. The van der Waals surface area contributed by atoms with Crippen molar-refractivity contribution < 1.29 is 24.1 Å². The molecule has 1 rings (SSSR count). The Balaban J connectivity index is 2.90. The first-order valence-corrected chi connectivity index (χ1v) is 4.43. The number of ether oxygens (including phenoxy) is 3. The monoisotopic (exact) mass is 228 g/mol. The Morgan fingerprint density at radius 2 is 1.81 bits per heavy atom. The Morgan fingerprint density at radius 3 is 2.19 bits per heavy atom. The lowest BCUT2D eigenvalue weighted by Crippen LogP contribution is -2.24. The molecule has 0 spiro atoms. The van der Waals surface area contributed by atoms with Crippen LogP contribution in [0.2, 0.25) is 0 Å². The summed E-state index contributed by atoms with van der Waals surface area (Å²) in [6.07, 6.45) is -1.04. The maximum atomic E-state index is 10.6. The van der Waals surface area contributed by atoms with E-state index >= 15 is 0 Å². The zero-order valence-electron chi connectivity index (χ0n) is 9.13. The Morgan fingerprint density at radius 1 is 1.31 bits per heavy atom. The highest BCUT2D eigenvalue weighted by Crippen LogP contribution is 2.19. The van der Waals surface area contributed by atoms with E-state index in [1.54, 1.807) is 0 Å². The van der Waals surface area contributed by atoms with Gasteiger partial charge in [0, 0.05) is 0 Å². The van der Waals surface area contributed by atoms with E-state index < -0.39 is 12.1 Å². The van der Waals surface area contributed by atoms with Crippen LogP contribution in [0.4, 0.5) is 0 Å². The van der Waals surface area contributed by atoms with Crippen molar-refractivity contribution in [2.75, 3.05) is 14.2 Å². The van der Waals surface area contributed by atoms with Gasteiger partial charge in [0.05, 0.1) is 20.3 Å². The van der Waals surface area contributed by atoms with Crippen LogP contribution >= 0.6 is 0 Å². The SMILES string of the molecule is COc1cc(OC)nc(O[C@@H](C)C(=O)O)n1. The molecule has 88 valence electrons. The number of hydrogen-bond donors (Lipinski definition) is 1. The summed E-state index contributed by atoms with van der Waals surface area (Å²) in [5.74, 6) is -0.635. The van der Waals surface area contributed by atoms with E-state index in [4.69, 9.17) is 19.3 Å². The number of rotatable bonds is 5. The van der Waals surface area contributed by atoms with Crippen molar-refractivity contribution in [1.82, 2.24) is 9.97 Å². The van der Waals surface area contributed by atoms with Crippen LogP contribution in [0.1, 0.15) is 6.92 Å². The third-order valence-corrected chi connectivity index (χ3v) is 1.71. The van der Waals surface area contributed by atoms with E-state index in [1.807, 2.05) is 0 Å². The van der Waals surface area contributed by atoms with E-state index in [0.29, 0.717) is 0 Å². The molecule has 1 N–H and O–H groups in total. The minimum absolute atomic E-state index is 0.105. The lowest BCUT2D eigenvalue weighted by atomic mass is 10.4. The van der Waals surface area contributed by atoms with Crippen LogP contribution in [0.5, 0.6) is 17.8 Å². The fourth-order valence-electron chi connectivity index (χ4n) is 0.854. The van der Waals surface area contributed by atoms with Gasteiger partial charge in [-0.15, -0.1) is 0 Å². The van der Waals surface area contributed by atoms with Gasteiger partial charge in [-0.3, -0.25) is 0 Å². The number of nitrogens with zero attached hydrogens (tertiary/aromatic N) is 2. The number of aromatic nitrogens is 2. The molecule has 0 saturated heterocycles. The molecule has 0 aliphatic carbocycles. The molecule has 7 nitrogen and oxygen atoms in total. The zero-order valence-corrected chi connectivity index (χ0v) is 9.13. The Bertz CT molecular complexity index is 360. The van der Waals surface area contributed by atoms with Crippen LogP contribution in [-0.4, -0.2) is 41.4 Å². The van der Waals surface area contributed by atoms with Crippen LogP contribution in [-0.2, 0) is 4.79 Å². The Kier molecular flexibility index (Phi) is 3.87. The molecule has 0 fully saturated rings. The van der Waals surface area contributed by atoms with Crippen molar-refractivity contribution in [3.05, 3.63) is 6.07 Å². The lowest BCUT2D eigenvalue weighted by molar-refractivity contribution is -0.144. The van der Waals surface area contributed by atoms with Crippen LogP contribution in [0.3, 0.4) is 0 Å². The smallest absolute Gasteiger partial charge is 0.344 e. The molecule has 16 heavy (non-hydrogen) atoms. The van der Waals surface area contributed by atoms with E-state index in [9.17, 15) is 4.79 Å². The van der Waals surface area contributed by atoms with Crippen LogP contribution in [0, 0.1) is 0 Å². The van der Waals surface area contributed by atoms with Crippen molar-refractivity contribution in [2.45, 2.75) is 13.0 Å². The van der Waals surface area contributed by atoms with E-state index in [-0.39, 0.29) is 17.8 Å². The summed E-state index contributed by atoms with van der Waals surface area (Å²) < 4.78 is 14.7. The number of carbonyl (C=O) groups is 1. The van der Waals surface area contributed by atoms with Gasteiger partial charge in [-0.25, -0.2) is 4.79 Å². The third-order valence-electron chi connectivity index (χ3n) is 1.71. The molecular weight excluding hydrogens is 216 g/mol. The number of methoxy groups -OCH3 is 2. The van der Waals surface area contributed by atoms with Crippen molar-refractivity contribution in [2.24, 2.45) is 0 Å². The van der Waals surface area contributed by atoms with E-state index in [2.05, 4.69) is 9.97 Å². The lowest BCUT2D eigenvalue weighted by Gasteiger charge is -2.10. The fraction of sp³-hybridized carbons (Fsp3) is 0.444. The molecule has 0 saturated carbocycles. The summed E-state index contributed by atoms with van der Waals surface area (Å²) >= 11 is 0. The van der Waals surface area contributed by atoms with Gasteiger partial charge >= 0.3 is 12.0 Å². The maximum absolute atomic E-state index is 10.6. The van der Waals surface area contributed by atoms with Gasteiger partial charge in [0.2, 0.25) is 11.8 Å². The second-order valence-electron chi connectivity index (χ2n) is 2.83. The predicted octanol–water partition coefficient (Wildman–Crippen LogP) is 0.346. The molecular formula is C9H12N2O5. The summed E-state index contributed by atoms with van der Waals surface area (Å²) in [5, 5.41) is 8.65. The minimum atomic E-state index is -1.11. The molecule has 0 unspecified atom stereocenters. The van der Waals surface area contributed by atoms with Gasteiger partial charge in [-0.1, -0.05) is 0 Å². The van der Waals surface area contributed by atoms with Crippen molar-refractivity contribution in [3.63, 3.8) is 0 Å². The molecule has 0 radical (unpaired) electrons. The van der Waals surface area contributed by atoms with Gasteiger partial charge < -0.3 is 19.3 Å².